The number of anilines is 1. The predicted molar refractivity (Wildman–Crippen MR) is 77.2 cm³/mol. The normalized spacial score (nSPS) is 23.1. The van der Waals surface area contributed by atoms with Gasteiger partial charge in [-0.1, -0.05) is 25.7 Å². The maximum atomic E-state index is 5.92. The Kier molecular flexibility index (Phi) is 3.87. The van der Waals surface area contributed by atoms with Gasteiger partial charge >= 0.3 is 0 Å². The Balaban J connectivity index is 1.89. The summed E-state index contributed by atoms with van der Waals surface area (Å²) in [6, 6.07) is 0. The molecule has 0 atom stereocenters. The molecule has 1 heterocycles. The summed E-state index contributed by atoms with van der Waals surface area (Å²) in [5, 5.41) is 0. The Hall–Kier alpha value is -1.23. The van der Waals surface area contributed by atoms with Crippen molar-refractivity contribution in [3.05, 3.63) is 11.6 Å². The fourth-order valence-corrected chi connectivity index (χ4v) is 3.35. The van der Waals surface area contributed by atoms with Gasteiger partial charge in [0, 0.05) is 13.0 Å². The van der Waals surface area contributed by atoms with Crippen LogP contribution in [0.4, 0.5) is 5.95 Å². The molecule has 0 amide bonds. The Bertz CT molecular complexity index is 459. The number of nitrogens with two attached hydrogens (primary N) is 1. The summed E-state index contributed by atoms with van der Waals surface area (Å²) in [7, 11) is 1.74. The molecule has 0 spiro atoms. The molecular formula is C15H24N4O. The molecule has 5 nitrogen and oxygen atoms in total. The molecule has 0 aliphatic heterocycles. The summed E-state index contributed by atoms with van der Waals surface area (Å²) < 4.78 is 5.67. The fraction of sp³-hybridized carbons (Fsp3) is 0.800. The third-order valence-electron chi connectivity index (χ3n) is 4.85. The highest BCUT2D eigenvalue weighted by atomic mass is 16.5. The van der Waals surface area contributed by atoms with Crippen LogP contribution in [0.1, 0.15) is 75.4 Å². The minimum absolute atomic E-state index is 0.309. The molecule has 2 fully saturated rings. The number of ether oxygens (including phenoxy) is 1. The maximum Gasteiger partial charge on any atom is 0.223 e. The molecule has 0 saturated heterocycles. The Labute approximate surface area is 120 Å². The minimum atomic E-state index is -0.309. The number of nitrogens with zero attached hydrogens (tertiary/aromatic N) is 3. The lowest BCUT2D eigenvalue weighted by atomic mass is 9.79. The van der Waals surface area contributed by atoms with Crippen LogP contribution < -0.4 is 5.73 Å². The largest absolute Gasteiger partial charge is 0.370 e. The Morgan fingerprint density at radius 1 is 1.00 bits per heavy atom. The van der Waals surface area contributed by atoms with Crippen molar-refractivity contribution in [2.24, 2.45) is 0 Å². The van der Waals surface area contributed by atoms with Crippen LogP contribution in [0.2, 0.25) is 0 Å². The highest BCUT2D eigenvalue weighted by Gasteiger charge is 2.42. The van der Waals surface area contributed by atoms with Crippen molar-refractivity contribution < 1.29 is 4.74 Å². The Morgan fingerprint density at radius 2 is 1.70 bits per heavy atom. The second-order valence-corrected chi connectivity index (χ2v) is 6.12. The first kappa shape index (κ1) is 13.7. The molecule has 3 rings (SSSR count). The first-order chi connectivity index (χ1) is 9.73. The quantitative estimate of drug-likeness (QED) is 0.859. The summed E-state index contributed by atoms with van der Waals surface area (Å²) in [4.78, 5) is 13.5. The fourth-order valence-electron chi connectivity index (χ4n) is 3.35. The van der Waals surface area contributed by atoms with Crippen LogP contribution in [0.25, 0.3) is 0 Å². The molecular weight excluding hydrogens is 252 g/mol. The van der Waals surface area contributed by atoms with Crippen LogP contribution in [0.5, 0.6) is 0 Å². The van der Waals surface area contributed by atoms with Gasteiger partial charge < -0.3 is 10.5 Å². The SMILES string of the molecule is COC1(c2nc(N)nc(C3CCCCCC3)n2)CCC1. The van der Waals surface area contributed by atoms with Gasteiger partial charge in [-0.05, 0) is 32.1 Å². The van der Waals surface area contributed by atoms with Crippen LogP contribution in [0.15, 0.2) is 0 Å². The lowest BCUT2D eigenvalue weighted by Crippen LogP contribution is -2.38. The topological polar surface area (TPSA) is 73.9 Å². The zero-order valence-corrected chi connectivity index (χ0v) is 12.3. The number of hydrogen-bond acceptors (Lipinski definition) is 5. The smallest absolute Gasteiger partial charge is 0.223 e. The van der Waals surface area contributed by atoms with Gasteiger partial charge in [-0.15, -0.1) is 0 Å². The number of methoxy groups -OCH3 is 1. The second-order valence-electron chi connectivity index (χ2n) is 6.12. The third-order valence-corrected chi connectivity index (χ3v) is 4.85. The van der Waals surface area contributed by atoms with Gasteiger partial charge in [-0.2, -0.15) is 9.97 Å². The second kappa shape index (κ2) is 5.64. The van der Waals surface area contributed by atoms with E-state index in [4.69, 9.17) is 15.5 Å². The molecule has 0 unspecified atom stereocenters. The molecule has 0 bridgehead atoms. The summed E-state index contributed by atoms with van der Waals surface area (Å²) >= 11 is 0. The van der Waals surface area contributed by atoms with Crippen LogP contribution in [0, 0.1) is 0 Å². The summed E-state index contributed by atoms with van der Waals surface area (Å²) in [6.07, 6.45) is 10.7. The molecule has 2 N–H and O–H groups in total. The lowest BCUT2D eigenvalue weighted by molar-refractivity contribution is -0.0848. The molecule has 2 saturated carbocycles. The Morgan fingerprint density at radius 3 is 2.25 bits per heavy atom. The van der Waals surface area contributed by atoms with Crippen molar-refractivity contribution in [2.75, 3.05) is 12.8 Å². The van der Waals surface area contributed by atoms with Gasteiger partial charge in [0.1, 0.15) is 11.4 Å². The van der Waals surface area contributed by atoms with E-state index in [1.165, 1.54) is 38.5 Å². The molecule has 1 aromatic rings. The predicted octanol–water partition coefficient (Wildman–Crippen LogP) is 2.92. The van der Waals surface area contributed by atoms with E-state index >= 15 is 0 Å². The van der Waals surface area contributed by atoms with Gasteiger partial charge in [0.25, 0.3) is 0 Å². The molecule has 1 aromatic heterocycles. The van der Waals surface area contributed by atoms with Crippen LogP contribution >= 0.6 is 0 Å². The van der Waals surface area contributed by atoms with Crippen LogP contribution in [-0.4, -0.2) is 22.1 Å². The van der Waals surface area contributed by atoms with Crippen molar-refractivity contribution in [3.63, 3.8) is 0 Å². The number of hydrogen-bond donors (Lipinski definition) is 1. The lowest BCUT2D eigenvalue weighted by Gasteiger charge is -2.38. The zero-order valence-electron chi connectivity index (χ0n) is 12.3. The molecule has 110 valence electrons. The molecule has 2 aliphatic rings. The van der Waals surface area contributed by atoms with E-state index in [2.05, 4.69) is 9.97 Å². The van der Waals surface area contributed by atoms with E-state index in [0.717, 1.165) is 30.9 Å². The van der Waals surface area contributed by atoms with Crippen LogP contribution in [-0.2, 0) is 10.3 Å². The highest BCUT2D eigenvalue weighted by molar-refractivity contribution is 5.21. The average Bonchev–Trinajstić information content (AvgIpc) is 2.66. The van der Waals surface area contributed by atoms with E-state index in [1.807, 2.05) is 0 Å². The first-order valence-corrected chi connectivity index (χ1v) is 7.80. The zero-order chi connectivity index (χ0) is 14.0. The third kappa shape index (κ3) is 2.51. The molecule has 5 heteroatoms. The van der Waals surface area contributed by atoms with E-state index < -0.39 is 0 Å². The maximum absolute atomic E-state index is 5.92. The van der Waals surface area contributed by atoms with E-state index in [1.54, 1.807) is 7.11 Å². The molecule has 0 radical (unpaired) electrons. The van der Waals surface area contributed by atoms with Gasteiger partial charge in [-0.25, -0.2) is 4.98 Å². The summed E-state index contributed by atoms with van der Waals surface area (Å²) in [5.74, 6) is 2.42. The average molecular weight is 276 g/mol. The van der Waals surface area contributed by atoms with Gasteiger partial charge in [-0.3, -0.25) is 0 Å². The van der Waals surface area contributed by atoms with Crippen molar-refractivity contribution in [1.29, 1.82) is 0 Å². The standard InChI is InChI=1S/C15H24N4O/c1-20-15(9-6-10-15)13-17-12(18-14(16)19-13)11-7-4-2-3-5-8-11/h11H,2-10H2,1H3,(H2,16,17,18,19). The molecule has 0 aromatic carbocycles. The van der Waals surface area contributed by atoms with Crippen molar-refractivity contribution >= 4 is 5.95 Å². The monoisotopic (exact) mass is 276 g/mol. The van der Waals surface area contributed by atoms with Gasteiger partial charge in [0.2, 0.25) is 5.95 Å². The summed E-state index contributed by atoms with van der Waals surface area (Å²) in [5.41, 5.74) is 5.61. The number of aromatic nitrogens is 3. The first-order valence-electron chi connectivity index (χ1n) is 7.80. The van der Waals surface area contributed by atoms with Gasteiger partial charge in [0.05, 0.1) is 0 Å². The summed E-state index contributed by atoms with van der Waals surface area (Å²) in [6.45, 7) is 0. The van der Waals surface area contributed by atoms with Crippen molar-refractivity contribution in [2.45, 2.75) is 69.3 Å². The molecule has 20 heavy (non-hydrogen) atoms. The number of rotatable bonds is 3. The molecule has 2 aliphatic carbocycles. The van der Waals surface area contributed by atoms with Crippen molar-refractivity contribution in [3.8, 4) is 0 Å². The van der Waals surface area contributed by atoms with E-state index in [-0.39, 0.29) is 5.60 Å². The van der Waals surface area contributed by atoms with E-state index in [9.17, 15) is 0 Å². The number of nitrogen functional groups attached to an aromatic ring is 1. The van der Waals surface area contributed by atoms with Crippen LogP contribution in [0.3, 0.4) is 0 Å². The van der Waals surface area contributed by atoms with Gasteiger partial charge in [0.15, 0.2) is 5.82 Å². The van der Waals surface area contributed by atoms with E-state index in [0.29, 0.717) is 11.9 Å². The highest BCUT2D eigenvalue weighted by Crippen LogP contribution is 2.43. The van der Waals surface area contributed by atoms with Crippen molar-refractivity contribution in [1.82, 2.24) is 15.0 Å². The minimum Gasteiger partial charge on any atom is -0.370 e.